The summed E-state index contributed by atoms with van der Waals surface area (Å²) in [7, 11) is 0. The molecular formula is C23H19F7N2O3. The van der Waals surface area contributed by atoms with Gasteiger partial charge in [-0.3, -0.25) is 19.4 Å². The monoisotopic (exact) mass is 504 g/mol. The molecule has 0 aromatic heterocycles. The number of carbonyl (C=O) groups is 3. The summed E-state index contributed by atoms with van der Waals surface area (Å²) in [6.45, 7) is -0.633. The zero-order chi connectivity index (χ0) is 26.1. The van der Waals surface area contributed by atoms with E-state index in [9.17, 15) is 45.1 Å². The predicted molar refractivity (Wildman–Crippen MR) is 108 cm³/mol. The molecule has 2 aromatic carbocycles. The Labute approximate surface area is 195 Å². The van der Waals surface area contributed by atoms with Gasteiger partial charge in [-0.15, -0.1) is 0 Å². The molecule has 0 aliphatic carbocycles. The highest BCUT2D eigenvalue weighted by Crippen LogP contribution is 2.36. The van der Waals surface area contributed by atoms with Crippen LogP contribution in [0.5, 0.6) is 0 Å². The van der Waals surface area contributed by atoms with Crippen molar-refractivity contribution in [2.45, 2.75) is 38.0 Å². The van der Waals surface area contributed by atoms with Crippen molar-refractivity contribution in [3.63, 3.8) is 0 Å². The zero-order valence-electron chi connectivity index (χ0n) is 18.3. The molecule has 1 aliphatic rings. The summed E-state index contributed by atoms with van der Waals surface area (Å²) >= 11 is 0. The highest BCUT2D eigenvalue weighted by Gasteiger charge is 2.43. The maximum atomic E-state index is 14.6. The van der Waals surface area contributed by atoms with E-state index in [2.05, 4.69) is 0 Å². The number of amides is 4. The van der Waals surface area contributed by atoms with Crippen LogP contribution in [0.15, 0.2) is 36.4 Å². The van der Waals surface area contributed by atoms with Gasteiger partial charge in [0.15, 0.2) is 11.6 Å². The van der Waals surface area contributed by atoms with Gasteiger partial charge in [0.05, 0.1) is 11.1 Å². The summed E-state index contributed by atoms with van der Waals surface area (Å²) in [4.78, 5) is 37.4. The van der Waals surface area contributed by atoms with Gasteiger partial charge >= 0.3 is 6.03 Å². The number of nitrogens with zero attached hydrogens (tertiary/aromatic N) is 2. The average Bonchev–Trinajstić information content (AvgIpc) is 2.76. The van der Waals surface area contributed by atoms with Crippen LogP contribution in [0.4, 0.5) is 35.5 Å². The largest absolute Gasteiger partial charge is 0.333 e. The molecule has 1 heterocycles. The Kier molecular flexibility index (Phi) is 7.23. The Hall–Kier alpha value is -3.44. The first-order valence-electron chi connectivity index (χ1n) is 10.4. The van der Waals surface area contributed by atoms with Crippen LogP contribution in [-0.4, -0.2) is 40.7 Å². The Bertz CT molecular complexity index is 1080. The van der Waals surface area contributed by atoms with Crippen LogP contribution in [0.3, 0.4) is 0 Å². The number of urea groups is 1. The summed E-state index contributed by atoms with van der Waals surface area (Å²) in [6, 6.07) is 4.06. The Morgan fingerprint density at radius 2 is 1.20 bits per heavy atom. The first-order valence-corrected chi connectivity index (χ1v) is 10.4. The molecule has 188 valence electrons. The van der Waals surface area contributed by atoms with Crippen LogP contribution in [-0.2, 0) is 21.4 Å². The van der Waals surface area contributed by atoms with Gasteiger partial charge in [-0.1, -0.05) is 24.3 Å². The molecule has 2 aromatic rings. The number of rotatable bonds is 8. The number of imide groups is 2. The van der Waals surface area contributed by atoms with E-state index >= 15 is 0 Å². The normalized spacial score (nSPS) is 15.3. The second-order valence-electron chi connectivity index (χ2n) is 8.00. The Morgan fingerprint density at radius 3 is 1.71 bits per heavy atom. The van der Waals surface area contributed by atoms with E-state index in [1.807, 2.05) is 0 Å². The van der Waals surface area contributed by atoms with E-state index in [0.29, 0.717) is 17.0 Å². The maximum Gasteiger partial charge on any atom is 0.333 e. The van der Waals surface area contributed by atoms with E-state index in [0.717, 1.165) is 12.1 Å². The molecule has 12 heteroatoms. The van der Waals surface area contributed by atoms with E-state index in [1.54, 1.807) is 0 Å². The number of aryl methyl sites for hydroxylation is 1. The van der Waals surface area contributed by atoms with Crippen LogP contribution < -0.4 is 0 Å². The molecule has 0 unspecified atom stereocenters. The summed E-state index contributed by atoms with van der Waals surface area (Å²) < 4.78 is 99.4. The standard InChI is InChI=1S/C23H19F7N2O3/c1-13-4-2-5-14(19(13)25)22(27,28)8-10-31-17(33)12-18(34)32(21(31)35)11-9-23(29,30)15-6-3-7-16(24)20(15)26/h2-7H,8-12H2,1H3. The number of hydrogen-bond donors (Lipinski definition) is 0. The van der Waals surface area contributed by atoms with Crippen LogP contribution in [0.25, 0.3) is 0 Å². The minimum absolute atomic E-state index is 0.0419. The van der Waals surface area contributed by atoms with Crippen molar-refractivity contribution in [1.82, 2.24) is 9.80 Å². The molecule has 0 N–H and O–H groups in total. The molecule has 1 saturated heterocycles. The number of barbiturate groups is 1. The predicted octanol–water partition coefficient (Wildman–Crippen LogP) is 5.26. The zero-order valence-corrected chi connectivity index (χ0v) is 18.3. The summed E-state index contributed by atoms with van der Waals surface area (Å²) in [5, 5.41) is 0. The van der Waals surface area contributed by atoms with Crippen LogP contribution in [0.2, 0.25) is 0 Å². The van der Waals surface area contributed by atoms with Gasteiger partial charge in [0.25, 0.3) is 11.8 Å². The van der Waals surface area contributed by atoms with E-state index < -0.39 is 90.6 Å². The van der Waals surface area contributed by atoms with Gasteiger partial charge in [-0.25, -0.2) is 35.5 Å². The SMILES string of the molecule is Cc1cccc(C(F)(F)CCN2C(=O)CC(=O)N(CCC(F)(F)c3cccc(F)c3F)C2=O)c1F. The summed E-state index contributed by atoms with van der Waals surface area (Å²) in [6.07, 6.45) is -3.44. The van der Waals surface area contributed by atoms with E-state index in [4.69, 9.17) is 0 Å². The third-order valence-electron chi connectivity index (χ3n) is 5.60. The topological polar surface area (TPSA) is 57.7 Å². The van der Waals surface area contributed by atoms with E-state index in [-0.39, 0.29) is 10.5 Å². The molecular weight excluding hydrogens is 485 g/mol. The molecule has 0 saturated carbocycles. The molecule has 0 radical (unpaired) electrons. The molecule has 35 heavy (non-hydrogen) atoms. The maximum absolute atomic E-state index is 14.6. The van der Waals surface area contributed by atoms with E-state index in [1.165, 1.54) is 19.1 Å². The molecule has 1 fully saturated rings. The first-order chi connectivity index (χ1) is 16.3. The second-order valence-corrected chi connectivity index (χ2v) is 8.00. The third kappa shape index (κ3) is 5.30. The molecule has 0 spiro atoms. The highest BCUT2D eigenvalue weighted by atomic mass is 19.3. The summed E-state index contributed by atoms with van der Waals surface area (Å²) in [5.74, 6) is -14.5. The lowest BCUT2D eigenvalue weighted by molar-refractivity contribution is -0.143. The lowest BCUT2D eigenvalue weighted by Gasteiger charge is -2.34. The number of halogens is 7. The fraction of sp³-hybridized carbons (Fsp3) is 0.348. The van der Waals surface area contributed by atoms with Crippen LogP contribution in [0, 0.1) is 24.4 Å². The molecule has 0 bridgehead atoms. The fourth-order valence-corrected chi connectivity index (χ4v) is 3.61. The average molecular weight is 504 g/mol. The van der Waals surface area contributed by atoms with Crippen LogP contribution in [0.1, 0.15) is 36.0 Å². The molecule has 5 nitrogen and oxygen atoms in total. The molecule has 0 atom stereocenters. The fourth-order valence-electron chi connectivity index (χ4n) is 3.61. The van der Waals surface area contributed by atoms with Crippen molar-refractivity contribution in [2.75, 3.05) is 13.1 Å². The molecule has 1 aliphatic heterocycles. The van der Waals surface area contributed by atoms with Gasteiger partial charge in [0.1, 0.15) is 12.2 Å². The Morgan fingerprint density at radius 1 is 0.743 bits per heavy atom. The van der Waals surface area contributed by atoms with Crippen molar-refractivity contribution in [1.29, 1.82) is 0 Å². The summed E-state index contributed by atoms with van der Waals surface area (Å²) in [5.41, 5.74) is -2.28. The lowest BCUT2D eigenvalue weighted by Crippen LogP contribution is -2.56. The van der Waals surface area contributed by atoms with Gasteiger partial charge in [-0.05, 0) is 24.6 Å². The van der Waals surface area contributed by atoms with Gasteiger partial charge in [0, 0.05) is 25.9 Å². The van der Waals surface area contributed by atoms with Gasteiger partial charge in [-0.2, -0.15) is 0 Å². The van der Waals surface area contributed by atoms with Crippen LogP contribution >= 0.6 is 0 Å². The van der Waals surface area contributed by atoms with Gasteiger partial charge < -0.3 is 0 Å². The lowest BCUT2D eigenvalue weighted by atomic mass is 10.0. The molecule has 4 amide bonds. The number of hydrogen-bond acceptors (Lipinski definition) is 3. The molecule has 3 rings (SSSR count). The number of carbonyl (C=O) groups excluding carboxylic acids is 3. The highest BCUT2D eigenvalue weighted by molar-refractivity contribution is 6.14. The van der Waals surface area contributed by atoms with Crippen molar-refractivity contribution < 1.29 is 45.1 Å². The number of benzene rings is 2. The third-order valence-corrected chi connectivity index (χ3v) is 5.60. The minimum atomic E-state index is -3.99. The smallest absolute Gasteiger partial charge is 0.274 e. The van der Waals surface area contributed by atoms with Crippen molar-refractivity contribution in [3.8, 4) is 0 Å². The van der Waals surface area contributed by atoms with Crippen molar-refractivity contribution >= 4 is 17.8 Å². The van der Waals surface area contributed by atoms with Gasteiger partial charge in [0.2, 0.25) is 11.8 Å². The second kappa shape index (κ2) is 9.67. The first kappa shape index (κ1) is 26.2. The number of alkyl halides is 4. The van der Waals surface area contributed by atoms with Crippen molar-refractivity contribution in [3.05, 3.63) is 70.5 Å². The van der Waals surface area contributed by atoms with Crippen molar-refractivity contribution in [2.24, 2.45) is 0 Å². The quantitative estimate of drug-likeness (QED) is 0.364. The minimum Gasteiger partial charge on any atom is -0.274 e. The Balaban J connectivity index is 1.73.